The summed E-state index contributed by atoms with van der Waals surface area (Å²) in [7, 11) is -4.18. The third kappa shape index (κ3) is 18.5. The molecule has 5 nitrogen and oxygen atoms in total. The van der Waals surface area contributed by atoms with Gasteiger partial charge in [-0.05, 0) is 6.42 Å². The van der Waals surface area contributed by atoms with Gasteiger partial charge in [-0.2, -0.15) is 0 Å². The van der Waals surface area contributed by atoms with E-state index >= 15 is 0 Å². The first-order valence-electron chi connectivity index (χ1n) is 7.11. The first kappa shape index (κ1) is 22.8. The Labute approximate surface area is 145 Å². The Morgan fingerprint density at radius 1 is 1.05 bits per heavy atom. The van der Waals surface area contributed by atoms with Gasteiger partial charge in [-0.3, -0.25) is 4.79 Å². The van der Waals surface area contributed by atoms with Gasteiger partial charge in [-0.25, -0.2) is 8.42 Å². The van der Waals surface area contributed by atoms with E-state index in [1.54, 1.807) is 0 Å². The second-order valence-corrected chi connectivity index (χ2v) is 6.37. The summed E-state index contributed by atoms with van der Waals surface area (Å²) in [6.45, 7) is 2.39. The van der Waals surface area contributed by atoms with E-state index in [1.165, 1.54) is 32.1 Å². The van der Waals surface area contributed by atoms with E-state index in [4.69, 9.17) is 0 Å². The second-order valence-electron chi connectivity index (χ2n) is 4.85. The average Bonchev–Trinajstić information content (AvgIpc) is 2.32. The van der Waals surface area contributed by atoms with Crippen molar-refractivity contribution < 1.29 is 47.3 Å². The molecule has 0 amide bonds. The van der Waals surface area contributed by atoms with Crippen molar-refractivity contribution in [2.45, 2.75) is 58.3 Å². The van der Waals surface area contributed by atoms with Gasteiger partial charge in [-0.1, -0.05) is 45.4 Å². The molecule has 0 aliphatic carbocycles. The Balaban J connectivity index is 0. The van der Waals surface area contributed by atoms with Crippen LogP contribution in [0.1, 0.15) is 58.3 Å². The normalized spacial score (nSPS) is 11.1. The van der Waals surface area contributed by atoms with Gasteiger partial charge >= 0.3 is 29.6 Å². The van der Waals surface area contributed by atoms with Crippen LogP contribution in [0.2, 0.25) is 0 Å². The van der Waals surface area contributed by atoms with Gasteiger partial charge in [0.25, 0.3) is 0 Å². The monoisotopic (exact) mass is 315 g/mol. The summed E-state index contributed by atoms with van der Waals surface area (Å²) in [5.74, 6) is -0.380. The van der Waals surface area contributed by atoms with Crippen molar-refractivity contribution in [1.82, 2.24) is 5.32 Å². The fraction of sp³-hybridized carbons (Fsp3) is 0.923. The third-order valence-electron chi connectivity index (χ3n) is 2.91. The number of hydrogen-bond donors (Lipinski definition) is 1. The van der Waals surface area contributed by atoms with Crippen molar-refractivity contribution in [3.8, 4) is 0 Å². The minimum absolute atomic E-state index is 0. The Kier molecular flexibility index (Phi) is 16.5. The minimum Gasteiger partial charge on any atom is -0.748 e. The first-order chi connectivity index (χ1) is 8.95. The third-order valence-corrected chi connectivity index (χ3v) is 3.61. The van der Waals surface area contributed by atoms with Gasteiger partial charge < -0.3 is 9.87 Å². The predicted octanol–water partition coefficient (Wildman–Crippen LogP) is -1.16. The largest absolute Gasteiger partial charge is 1.00 e. The maximum Gasteiger partial charge on any atom is 1.00 e. The standard InChI is InChI=1S/C13H27NO4S.Na/c1-2-3-4-5-6-7-8-9-13(15)12-14-10-11-19(16,17)18;/h14H,2-12H2,1H3,(H,16,17,18);/q;+1/p-1. The number of rotatable bonds is 13. The second kappa shape index (κ2) is 14.5. The number of nitrogens with one attached hydrogen (secondary N) is 1. The number of hydrogen-bond acceptors (Lipinski definition) is 5. The molecule has 0 aliphatic heterocycles. The van der Waals surface area contributed by atoms with Crippen LogP contribution in [0.25, 0.3) is 0 Å². The summed E-state index contributed by atoms with van der Waals surface area (Å²) in [6, 6.07) is 0. The molecule has 0 rings (SSSR count). The van der Waals surface area contributed by atoms with Crippen molar-refractivity contribution in [1.29, 1.82) is 0 Å². The van der Waals surface area contributed by atoms with Gasteiger partial charge in [0, 0.05) is 13.0 Å². The summed E-state index contributed by atoms with van der Waals surface area (Å²) in [5, 5.41) is 2.68. The zero-order chi connectivity index (χ0) is 14.6. The molecule has 7 heteroatoms. The molecule has 0 aromatic heterocycles. The molecule has 114 valence electrons. The van der Waals surface area contributed by atoms with Crippen LogP contribution in [-0.2, 0) is 14.9 Å². The molecule has 0 aromatic carbocycles. The quantitative estimate of drug-likeness (QED) is 0.263. The molecule has 0 bridgehead atoms. The van der Waals surface area contributed by atoms with Crippen LogP contribution in [0, 0.1) is 0 Å². The molecule has 0 saturated carbocycles. The van der Waals surface area contributed by atoms with Crippen LogP contribution in [0.4, 0.5) is 0 Å². The van der Waals surface area contributed by atoms with Crippen molar-refractivity contribution in [3.05, 3.63) is 0 Å². The fourth-order valence-corrected chi connectivity index (χ4v) is 2.19. The molecular formula is C13H26NNaO4S. The van der Waals surface area contributed by atoms with Crippen molar-refractivity contribution in [2.24, 2.45) is 0 Å². The summed E-state index contributed by atoms with van der Waals surface area (Å²) in [4.78, 5) is 11.4. The van der Waals surface area contributed by atoms with Crippen molar-refractivity contribution in [2.75, 3.05) is 18.8 Å². The maximum absolute atomic E-state index is 11.4. The van der Waals surface area contributed by atoms with Crippen LogP contribution < -0.4 is 34.9 Å². The Hall–Kier alpha value is 0.540. The summed E-state index contributed by atoms with van der Waals surface area (Å²) in [5.41, 5.74) is 0. The number of Topliss-reactive ketones (excluding diaryl/α,β-unsaturated/α-hetero) is 1. The van der Waals surface area contributed by atoms with Crippen LogP contribution >= 0.6 is 0 Å². The van der Waals surface area contributed by atoms with Crippen molar-refractivity contribution in [3.63, 3.8) is 0 Å². The summed E-state index contributed by atoms with van der Waals surface area (Å²) in [6.07, 6.45) is 8.71. The molecule has 1 N–H and O–H groups in total. The van der Waals surface area contributed by atoms with Crippen LogP contribution in [0.15, 0.2) is 0 Å². The number of ketones is 1. The van der Waals surface area contributed by atoms with Gasteiger partial charge in [0.05, 0.1) is 22.4 Å². The molecule has 0 fully saturated rings. The molecule has 0 atom stereocenters. The molecule has 20 heavy (non-hydrogen) atoms. The first-order valence-corrected chi connectivity index (χ1v) is 8.69. The molecule has 0 unspecified atom stereocenters. The Morgan fingerprint density at radius 2 is 1.60 bits per heavy atom. The van der Waals surface area contributed by atoms with Gasteiger partial charge in [0.2, 0.25) is 0 Å². The smallest absolute Gasteiger partial charge is 0.748 e. The number of unbranched alkanes of at least 4 members (excludes halogenated alkanes) is 6. The van der Waals surface area contributed by atoms with Crippen LogP contribution in [-0.4, -0.2) is 37.6 Å². The number of carbonyl (C=O) groups excluding carboxylic acids is 1. The SMILES string of the molecule is CCCCCCCCCC(=O)CNCCS(=O)(=O)[O-].[Na+]. The molecule has 0 spiro atoms. The molecule has 0 aliphatic rings. The van der Waals surface area contributed by atoms with E-state index in [1.807, 2.05) is 0 Å². The number of carbonyl (C=O) groups is 1. The van der Waals surface area contributed by atoms with E-state index in [9.17, 15) is 17.8 Å². The van der Waals surface area contributed by atoms with Gasteiger partial charge in [0.1, 0.15) is 5.78 Å². The summed E-state index contributed by atoms with van der Waals surface area (Å²) >= 11 is 0. The zero-order valence-electron chi connectivity index (χ0n) is 12.8. The predicted molar refractivity (Wildman–Crippen MR) is 75.1 cm³/mol. The van der Waals surface area contributed by atoms with E-state index in [2.05, 4.69) is 12.2 Å². The minimum atomic E-state index is -4.18. The van der Waals surface area contributed by atoms with E-state index in [0.29, 0.717) is 6.42 Å². The van der Waals surface area contributed by atoms with Gasteiger partial charge in [0.15, 0.2) is 0 Å². The van der Waals surface area contributed by atoms with Crippen molar-refractivity contribution >= 4 is 15.9 Å². The molecule has 0 radical (unpaired) electrons. The Morgan fingerprint density at radius 3 is 2.15 bits per heavy atom. The summed E-state index contributed by atoms with van der Waals surface area (Å²) < 4.78 is 30.9. The topological polar surface area (TPSA) is 86.3 Å². The Bertz CT molecular complexity index is 333. The molecule has 0 heterocycles. The van der Waals surface area contributed by atoms with E-state index < -0.39 is 15.9 Å². The maximum atomic E-state index is 11.4. The van der Waals surface area contributed by atoms with E-state index in [-0.39, 0.29) is 48.4 Å². The van der Waals surface area contributed by atoms with Crippen LogP contribution in [0.5, 0.6) is 0 Å². The zero-order valence-corrected chi connectivity index (χ0v) is 15.6. The average molecular weight is 315 g/mol. The van der Waals surface area contributed by atoms with E-state index in [0.717, 1.165) is 12.8 Å². The van der Waals surface area contributed by atoms with Gasteiger partial charge in [-0.15, -0.1) is 0 Å². The fourth-order valence-electron chi connectivity index (χ4n) is 1.79. The molecule has 0 saturated heterocycles. The molecular weight excluding hydrogens is 289 g/mol. The van der Waals surface area contributed by atoms with Crippen LogP contribution in [0.3, 0.4) is 0 Å². The molecule has 0 aromatic rings.